The molecule has 2 aliphatic rings. The Balaban J connectivity index is 1.31. The molecule has 2 aromatic heterocycles. The first kappa shape index (κ1) is 23.1. The predicted molar refractivity (Wildman–Crippen MR) is 139 cm³/mol. The molecule has 1 amide bonds. The van der Waals surface area contributed by atoms with Crippen LogP contribution in [0.15, 0.2) is 33.0 Å². The van der Waals surface area contributed by atoms with E-state index in [4.69, 9.17) is 27.7 Å². The molecule has 0 radical (unpaired) electrons. The fourth-order valence-corrected chi connectivity index (χ4v) is 6.00. The third-order valence-corrected chi connectivity index (χ3v) is 8.38. The Hall–Kier alpha value is -3.06. The molecule has 2 N–H and O–H groups in total. The number of nitrogens with zero attached hydrogens (tertiary/aromatic N) is 5. The number of likely N-dealkylation sites (tertiary alicyclic amines) is 1. The Morgan fingerprint density at radius 2 is 2.03 bits per heavy atom. The van der Waals surface area contributed by atoms with E-state index in [1.54, 1.807) is 24.0 Å². The van der Waals surface area contributed by atoms with Crippen molar-refractivity contribution < 1.29 is 26.5 Å². The zero-order valence-corrected chi connectivity index (χ0v) is 22.7. The summed E-state index contributed by atoms with van der Waals surface area (Å²) in [7, 11) is 0. The van der Waals surface area contributed by atoms with Gasteiger partial charge in [0.25, 0.3) is 5.91 Å². The maximum Gasteiger partial charge on any atom is 0.303 e. The van der Waals surface area contributed by atoms with E-state index in [-0.39, 0.29) is 11.7 Å². The average molecular weight is 594 g/mol. The van der Waals surface area contributed by atoms with Crippen LogP contribution < -0.4 is 15.2 Å². The van der Waals surface area contributed by atoms with Gasteiger partial charge in [-0.15, -0.1) is 0 Å². The van der Waals surface area contributed by atoms with E-state index in [0.29, 0.717) is 57.8 Å². The van der Waals surface area contributed by atoms with Crippen LogP contribution in [-0.4, -0.2) is 62.2 Å². The standard InChI is InChI=1S/C24H27BrN6O5S/c1-13(36-14(2)32)23(33)30-6-3-15(4-7-30)5-8-31-22-20(21(26)27-11-28-22)29-24(31)37-19-10-18-17(9-16(19)25)34-12-35-18/h9-11,13,15H,3-8,12H2,1-2H3,(H2,26,27,28)/t13-/m0/s1/i12D2. The topological polar surface area (TPSA) is 135 Å². The van der Waals surface area contributed by atoms with Gasteiger partial charge in [0.2, 0.25) is 6.75 Å². The van der Waals surface area contributed by atoms with E-state index in [2.05, 4.69) is 25.9 Å². The molecule has 1 fully saturated rings. The lowest BCUT2D eigenvalue weighted by molar-refractivity contribution is -0.158. The average Bonchev–Trinajstić information content (AvgIpc) is 3.38. The molecule has 196 valence electrons. The second-order valence-corrected chi connectivity index (χ2v) is 10.8. The highest BCUT2D eigenvalue weighted by Crippen LogP contribution is 2.43. The Kier molecular flexibility index (Phi) is 6.70. The van der Waals surface area contributed by atoms with Gasteiger partial charge in [0.05, 0.1) is 0 Å². The minimum absolute atomic E-state index is 0.169. The molecule has 1 atom stereocenters. The molecule has 0 aliphatic carbocycles. The number of rotatable bonds is 7. The van der Waals surface area contributed by atoms with Crippen molar-refractivity contribution in [3.8, 4) is 11.5 Å². The molecule has 1 aromatic carbocycles. The molecule has 37 heavy (non-hydrogen) atoms. The number of imidazole rings is 1. The van der Waals surface area contributed by atoms with Crippen molar-refractivity contribution in [3.05, 3.63) is 22.9 Å². The summed E-state index contributed by atoms with van der Waals surface area (Å²) in [6, 6.07) is 3.37. The number of anilines is 1. The number of piperidine rings is 1. The van der Waals surface area contributed by atoms with Crippen molar-refractivity contribution in [1.82, 2.24) is 24.4 Å². The number of carbonyl (C=O) groups excluding carboxylic acids is 2. The van der Waals surface area contributed by atoms with Gasteiger partial charge in [-0.1, -0.05) is 11.8 Å². The lowest BCUT2D eigenvalue weighted by atomic mass is 9.93. The van der Waals surface area contributed by atoms with Crippen LogP contribution in [0, 0.1) is 5.92 Å². The first-order valence-corrected chi connectivity index (χ1v) is 13.4. The summed E-state index contributed by atoms with van der Waals surface area (Å²) >= 11 is 4.91. The van der Waals surface area contributed by atoms with Crippen LogP contribution in [0.4, 0.5) is 5.82 Å². The minimum atomic E-state index is -2.22. The van der Waals surface area contributed by atoms with Gasteiger partial charge in [-0.3, -0.25) is 9.59 Å². The molecule has 5 rings (SSSR count). The number of aryl methyl sites for hydroxylation is 1. The van der Waals surface area contributed by atoms with Crippen LogP contribution in [0.25, 0.3) is 11.2 Å². The largest absolute Gasteiger partial charge is 0.454 e. The maximum atomic E-state index is 12.6. The number of hydrogen-bond acceptors (Lipinski definition) is 10. The first-order chi connectivity index (χ1) is 18.5. The van der Waals surface area contributed by atoms with E-state index in [9.17, 15) is 9.59 Å². The molecule has 0 unspecified atom stereocenters. The van der Waals surface area contributed by atoms with Crippen molar-refractivity contribution in [3.63, 3.8) is 0 Å². The van der Waals surface area contributed by atoms with Gasteiger partial charge < -0.3 is 29.4 Å². The monoisotopic (exact) mass is 592 g/mol. The minimum Gasteiger partial charge on any atom is -0.454 e. The summed E-state index contributed by atoms with van der Waals surface area (Å²) in [6.45, 7) is 2.51. The Bertz CT molecular complexity index is 1430. The van der Waals surface area contributed by atoms with Gasteiger partial charge >= 0.3 is 5.97 Å². The molecule has 11 nitrogen and oxygen atoms in total. The van der Waals surface area contributed by atoms with Crippen molar-refractivity contribution in [2.45, 2.75) is 55.8 Å². The Morgan fingerprint density at radius 3 is 2.76 bits per heavy atom. The second-order valence-electron chi connectivity index (χ2n) is 8.91. The van der Waals surface area contributed by atoms with Crippen LogP contribution in [0.3, 0.4) is 0 Å². The summed E-state index contributed by atoms with van der Waals surface area (Å²) in [5, 5.41) is 0.655. The van der Waals surface area contributed by atoms with E-state index < -0.39 is 18.8 Å². The molecule has 3 aromatic rings. The molecule has 0 spiro atoms. The number of amides is 1. The van der Waals surface area contributed by atoms with Gasteiger partial charge in [-0.2, -0.15) is 0 Å². The van der Waals surface area contributed by atoms with Gasteiger partial charge in [0.1, 0.15) is 9.07 Å². The highest BCUT2D eigenvalue weighted by atomic mass is 79.9. The number of esters is 1. The molecule has 0 bridgehead atoms. The summed E-state index contributed by atoms with van der Waals surface area (Å²) in [4.78, 5) is 39.5. The number of carbonyl (C=O) groups is 2. The molecule has 2 aliphatic heterocycles. The summed E-state index contributed by atoms with van der Waals surface area (Å²) < 4.78 is 33.6. The predicted octanol–water partition coefficient (Wildman–Crippen LogP) is 3.63. The maximum absolute atomic E-state index is 12.6. The van der Waals surface area contributed by atoms with Crippen molar-refractivity contribution in [2.75, 3.05) is 25.6 Å². The number of fused-ring (bicyclic) bond motifs is 2. The van der Waals surface area contributed by atoms with Crippen LogP contribution in [0.2, 0.25) is 0 Å². The molecular weight excluding hydrogens is 564 g/mol. The summed E-state index contributed by atoms with van der Waals surface area (Å²) in [6.07, 6.45) is 3.14. The number of nitrogen functional groups attached to an aromatic ring is 1. The normalized spacial score (nSPS) is 18.4. The third kappa shape index (κ3) is 5.47. The summed E-state index contributed by atoms with van der Waals surface area (Å²) in [5.74, 6) is 0.644. The van der Waals surface area contributed by atoms with Crippen LogP contribution in [-0.2, 0) is 20.9 Å². The van der Waals surface area contributed by atoms with Gasteiger partial charge in [0, 0.05) is 35.9 Å². The van der Waals surface area contributed by atoms with Gasteiger partial charge in [0.15, 0.2) is 39.7 Å². The highest BCUT2D eigenvalue weighted by molar-refractivity contribution is 9.10. The van der Waals surface area contributed by atoms with Crippen molar-refractivity contribution in [1.29, 1.82) is 0 Å². The molecule has 13 heteroatoms. The number of nitrogens with two attached hydrogens (primary N) is 1. The lowest BCUT2D eigenvalue weighted by Gasteiger charge is -2.33. The van der Waals surface area contributed by atoms with E-state index >= 15 is 0 Å². The fourth-order valence-electron chi connectivity index (χ4n) is 4.49. The lowest BCUT2D eigenvalue weighted by Crippen LogP contribution is -2.44. The number of benzene rings is 1. The Labute approximate surface area is 229 Å². The van der Waals surface area contributed by atoms with E-state index in [1.165, 1.54) is 25.0 Å². The molecule has 0 saturated carbocycles. The van der Waals surface area contributed by atoms with Crippen molar-refractivity contribution in [2.24, 2.45) is 5.92 Å². The Morgan fingerprint density at radius 1 is 1.30 bits per heavy atom. The third-order valence-electron chi connectivity index (χ3n) is 6.41. The first-order valence-electron chi connectivity index (χ1n) is 12.8. The quantitative estimate of drug-likeness (QED) is 0.405. The smallest absolute Gasteiger partial charge is 0.303 e. The van der Waals surface area contributed by atoms with Gasteiger partial charge in [-0.25, -0.2) is 15.0 Å². The zero-order valence-electron chi connectivity index (χ0n) is 22.3. The van der Waals surface area contributed by atoms with E-state index in [1.807, 2.05) is 4.57 Å². The number of hydrogen-bond donors (Lipinski definition) is 1. The van der Waals surface area contributed by atoms with Gasteiger partial charge in [-0.05, 0) is 60.2 Å². The fraction of sp³-hybridized carbons (Fsp3) is 0.458. The molecule has 4 heterocycles. The number of ether oxygens (including phenoxy) is 3. The second kappa shape index (κ2) is 10.7. The highest BCUT2D eigenvalue weighted by Gasteiger charge is 2.28. The van der Waals surface area contributed by atoms with Crippen molar-refractivity contribution >= 4 is 56.6 Å². The molecular formula is C24H27BrN6O5S. The number of aromatic nitrogens is 4. The number of halogens is 1. The van der Waals surface area contributed by atoms with E-state index in [0.717, 1.165) is 24.2 Å². The van der Waals surface area contributed by atoms with Crippen LogP contribution >= 0.6 is 27.7 Å². The SMILES string of the molecule is [2H]C1([2H])Oc2cc(Br)c(Sc3nc4c(N)ncnc4n3CCC3CCN(C(=O)[C@H](C)OC(C)=O)CC3)cc2O1. The van der Waals surface area contributed by atoms with Crippen LogP contribution in [0.1, 0.15) is 35.9 Å². The zero-order chi connectivity index (χ0) is 27.9. The van der Waals surface area contributed by atoms with Crippen LogP contribution in [0.5, 0.6) is 11.5 Å². The molecule has 1 saturated heterocycles. The summed E-state index contributed by atoms with van der Waals surface area (Å²) in [5.41, 5.74) is 7.24.